The number of carbonyl (C=O) groups is 1. The summed E-state index contributed by atoms with van der Waals surface area (Å²) in [6.07, 6.45) is 11.2. The van der Waals surface area contributed by atoms with Gasteiger partial charge in [0.25, 0.3) is 0 Å². The predicted molar refractivity (Wildman–Crippen MR) is 153 cm³/mol. The molecule has 1 amide bonds. The highest BCUT2D eigenvalue weighted by molar-refractivity contribution is 7.10. The molecule has 1 aliphatic heterocycles. The number of likely N-dealkylation sites (tertiary alicyclic amines) is 1. The minimum atomic E-state index is -0.259. The molecule has 6 heterocycles. The van der Waals surface area contributed by atoms with E-state index in [0.717, 1.165) is 53.2 Å². The Kier molecular flexibility index (Phi) is 7.13. The Morgan fingerprint density at radius 1 is 1.20 bits per heavy atom. The SMILES string of the molecule is Cc1cn2c(-c3cnn(CC(=O)Nc4ccc(O)nc4)c3)cnc2c(Nc2cc(CN3CCCC(C)C3)ns2)n1. The summed E-state index contributed by atoms with van der Waals surface area (Å²) in [6.45, 7) is 7.38. The van der Waals surface area contributed by atoms with Crippen molar-refractivity contribution in [1.82, 2.24) is 38.4 Å². The van der Waals surface area contributed by atoms with E-state index in [1.807, 2.05) is 17.5 Å². The van der Waals surface area contributed by atoms with Crippen LogP contribution in [0.3, 0.4) is 0 Å². The van der Waals surface area contributed by atoms with E-state index in [4.69, 9.17) is 4.98 Å². The van der Waals surface area contributed by atoms with Crippen LogP contribution >= 0.6 is 11.5 Å². The van der Waals surface area contributed by atoms with E-state index < -0.39 is 0 Å². The number of amides is 1. The van der Waals surface area contributed by atoms with Crippen molar-refractivity contribution in [1.29, 1.82) is 0 Å². The number of anilines is 3. The molecule has 1 aliphatic rings. The third-order valence-electron chi connectivity index (χ3n) is 6.81. The van der Waals surface area contributed by atoms with Gasteiger partial charge in [0.2, 0.25) is 11.8 Å². The van der Waals surface area contributed by atoms with Crippen molar-refractivity contribution in [2.75, 3.05) is 23.7 Å². The minimum absolute atomic E-state index is 0.0229. The molecule has 3 N–H and O–H groups in total. The summed E-state index contributed by atoms with van der Waals surface area (Å²) in [5.41, 5.74) is 4.73. The first-order valence-corrected chi connectivity index (χ1v) is 13.9. The molecular formula is C27H30N10O2S. The molecule has 0 bridgehead atoms. The Morgan fingerprint density at radius 2 is 2.10 bits per heavy atom. The lowest BCUT2D eigenvalue weighted by atomic mass is 10.0. The summed E-state index contributed by atoms with van der Waals surface area (Å²) >= 11 is 1.43. The molecule has 12 nitrogen and oxygen atoms in total. The highest BCUT2D eigenvalue weighted by Gasteiger charge is 2.19. The van der Waals surface area contributed by atoms with Gasteiger partial charge in [-0.15, -0.1) is 0 Å². The number of rotatable bonds is 8. The van der Waals surface area contributed by atoms with Crippen LogP contribution in [0.4, 0.5) is 16.5 Å². The lowest BCUT2D eigenvalue weighted by Crippen LogP contribution is -2.33. The topological polar surface area (TPSA) is 138 Å². The minimum Gasteiger partial charge on any atom is -0.493 e. The molecule has 1 fully saturated rings. The second kappa shape index (κ2) is 11.0. The number of aromatic hydroxyl groups is 1. The average molecular weight is 559 g/mol. The zero-order valence-electron chi connectivity index (χ0n) is 22.3. The Balaban J connectivity index is 1.16. The molecule has 1 saturated heterocycles. The Morgan fingerprint density at radius 3 is 2.92 bits per heavy atom. The molecule has 1 unspecified atom stereocenters. The number of fused-ring (bicyclic) bond motifs is 1. The van der Waals surface area contributed by atoms with Crippen molar-refractivity contribution >= 4 is 39.6 Å². The zero-order valence-corrected chi connectivity index (χ0v) is 23.1. The number of nitrogens with zero attached hydrogens (tertiary/aromatic N) is 8. The van der Waals surface area contributed by atoms with Gasteiger partial charge in [0.1, 0.15) is 11.5 Å². The van der Waals surface area contributed by atoms with E-state index in [0.29, 0.717) is 17.2 Å². The van der Waals surface area contributed by atoms with E-state index in [1.165, 1.54) is 36.6 Å². The molecule has 6 rings (SSSR count). The molecule has 1 atom stereocenters. The average Bonchev–Trinajstić information content (AvgIpc) is 3.66. The quantitative estimate of drug-likeness (QED) is 0.257. The highest BCUT2D eigenvalue weighted by Crippen LogP contribution is 2.28. The summed E-state index contributed by atoms with van der Waals surface area (Å²) in [5.74, 6) is 1.02. The fraction of sp³-hybridized carbons (Fsp3) is 0.333. The van der Waals surface area contributed by atoms with Gasteiger partial charge in [0.05, 0.1) is 41.4 Å². The van der Waals surface area contributed by atoms with E-state index >= 15 is 0 Å². The Hall–Kier alpha value is -4.36. The monoisotopic (exact) mass is 558 g/mol. The Labute approximate surface area is 234 Å². The molecule has 40 heavy (non-hydrogen) atoms. The molecule has 206 valence electrons. The van der Waals surface area contributed by atoms with Crippen LogP contribution in [0.15, 0.2) is 49.2 Å². The van der Waals surface area contributed by atoms with Crippen LogP contribution in [0.25, 0.3) is 16.9 Å². The smallest absolute Gasteiger partial charge is 0.246 e. The van der Waals surface area contributed by atoms with Crippen LogP contribution in [-0.2, 0) is 17.9 Å². The van der Waals surface area contributed by atoms with Crippen LogP contribution in [0.5, 0.6) is 5.88 Å². The van der Waals surface area contributed by atoms with Crippen LogP contribution in [-0.4, -0.2) is 62.5 Å². The number of carbonyl (C=O) groups excluding carboxylic acids is 1. The first-order chi connectivity index (χ1) is 19.4. The van der Waals surface area contributed by atoms with Crippen molar-refractivity contribution < 1.29 is 9.90 Å². The summed E-state index contributed by atoms with van der Waals surface area (Å²) in [6, 6.07) is 5.09. The fourth-order valence-corrected chi connectivity index (χ4v) is 5.67. The number of pyridine rings is 1. The van der Waals surface area contributed by atoms with Gasteiger partial charge in [-0.2, -0.15) is 9.47 Å². The summed E-state index contributed by atoms with van der Waals surface area (Å²) in [7, 11) is 0. The molecule has 5 aromatic heterocycles. The van der Waals surface area contributed by atoms with Crippen molar-refractivity contribution in [3.63, 3.8) is 0 Å². The van der Waals surface area contributed by atoms with E-state index in [2.05, 4.69) is 48.0 Å². The second-order valence-electron chi connectivity index (χ2n) is 10.2. The van der Waals surface area contributed by atoms with E-state index in [-0.39, 0.29) is 18.3 Å². The second-order valence-corrected chi connectivity index (χ2v) is 11.0. The van der Waals surface area contributed by atoms with E-state index in [9.17, 15) is 9.90 Å². The largest absolute Gasteiger partial charge is 0.493 e. The first kappa shape index (κ1) is 25.9. The summed E-state index contributed by atoms with van der Waals surface area (Å²) < 4.78 is 8.21. The van der Waals surface area contributed by atoms with Gasteiger partial charge in [0.15, 0.2) is 11.5 Å². The van der Waals surface area contributed by atoms with Crippen LogP contribution in [0.2, 0.25) is 0 Å². The molecule has 13 heteroatoms. The lowest BCUT2D eigenvalue weighted by molar-refractivity contribution is -0.116. The van der Waals surface area contributed by atoms with Gasteiger partial charge in [-0.1, -0.05) is 6.92 Å². The number of hydrogen-bond donors (Lipinski definition) is 3. The maximum Gasteiger partial charge on any atom is 0.246 e. The molecule has 0 aliphatic carbocycles. The van der Waals surface area contributed by atoms with Crippen molar-refractivity contribution in [3.05, 3.63) is 60.6 Å². The van der Waals surface area contributed by atoms with Crippen LogP contribution in [0, 0.1) is 12.8 Å². The van der Waals surface area contributed by atoms with Gasteiger partial charge >= 0.3 is 0 Å². The third kappa shape index (κ3) is 5.80. The first-order valence-electron chi connectivity index (χ1n) is 13.2. The molecule has 0 aromatic carbocycles. The predicted octanol–water partition coefficient (Wildman–Crippen LogP) is 4.07. The molecule has 0 spiro atoms. The van der Waals surface area contributed by atoms with Gasteiger partial charge in [-0.3, -0.25) is 18.8 Å². The van der Waals surface area contributed by atoms with Gasteiger partial charge in [0, 0.05) is 37.1 Å². The van der Waals surface area contributed by atoms with Crippen molar-refractivity contribution in [2.45, 2.75) is 39.8 Å². The Bertz CT molecular complexity index is 1640. The number of aromatic nitrogens is 7. The van der Waals surface area contributed by atoms with Gasteiger partial charge < -0.3 is 15.7 Å². The number of hydrogen-bond acceptors (Lipinski definition) is 10. The standard InChI is InChI=1S/C27H30N10O2S/c1-17-4-3-7-35(12-17)15-21-8-25(40-34-21)33-26-27-29-11-22(37(27)13-18(2)31-26)19-9-30-36(14-19)16-24(39)32-20-5-6-23(38)28-10-20/h5-6,8-11,13-14,17H,3-4,7,12,15-16H2,1-2H3,(H,28,38)(H,31,33)(H,32,39). The van der Waals surface area contributed by atoms with Crippen molar-refractivity contribution in [2.24, 2.45) is 5.92 Å². The fourth-order valence-electron chi connectivity index (χ4n) is 5.02. The highest BCUT2D eigenvalue weighted by atomic mass is 32.1. The summed E-state index contributed by atoms with van der Waals surface area (Å²) in [4.78, 5) is 28.1. The number of piperidine rings is 1. The van der Waals surface area contributed by atoms with Gasteiger partial charge in [-0.05, 0) is 55.9 Å². The normalized spacial score (nSPS) is 15.9. The van der Waals surface area contributed by atoms with Gasteiger partial charge in [-0.25, -0.2) is 15.0 Å². The number of imidazole rings is 1. The summed E-state index contributed by atoms with van der Waals surface area (Å²) in [5, 5.41) is 20.8. The van der Waals surface area contributed by atoms with E-state index in [1.54, 1.807) is 29.3 Å². The number of aryl methyl sites for hydroxylation is 1. The molecule has 0 radical (unpaired) electrons. The van der Waals surface area contributed by atoms with Crippen LogP contribution < -0.4 is 10.6 Å². The molecule has 5 aromatic rings. The zero-order chi connectivity index (χ0) is 27.6. The lowest BCUT2D eigenvalue weighted by Gasteiger charge is -2.30. The molecular weight excluding hydrogens is 528 g/mol. The third-order valence-corrected chi connectivity index (χ3v) is 7.55. The van der Waals surface area contributed by atoms with Crippen molar-refractivity contribution in [3.8, 4) is 17.1 Å². The van der Waals surface area contributed by atoms with Crippen LogP contribution in [0.1, 0.15) is 31.2 Å². The maximum absolute atomic E-state index is 12.5. The number of nitrogens with one attached hydrogen (secondary N) is 2. The maximum atomic E-state index is 12.5. The molecule has 0 saturated carbocycles.